The third kappa shape index (κ3) is 2.04. The van der Waals surface area contributed by atoms with E-state index in [4.69, 9.17) is 11.1 Å². The minimum Gasteiger partial charge on any atom is -0.175 e. The first kappa shape index (κ1) is 8.30. The van der Waals surface area contributed by atoms with Crippen molar-refractivity contribution in [2.24, 2.45) is 0 Å². The molecular weight excluding hydrogens is 157 g/mol. The number of hydrogen-bond acceptors (Lipinski definition) is 0. The smallest absolute Gasteiger partial charge is 0.175 e. The van der Waals surface area contributed by atoms with E-state index in [2.05, 4.69) is 0 Å². The van der Waals surface area contributed by atoms with Gasteiger partial charge < -0.3 is 0 Å². The van der Waals surface area contributed by atoms with Crippen LogP contribution in [0.1, 0.15) is 0 Å². The maximum Gasteiger partial charge on any atom is 0.376 e. The van der Waals surface area contributed by atoms with Crippen molar-refractivity contribution in [2.45, 2.75) is 18.9 Å². The van der Waals surface area contributed by atoms with Gasteiger partial charge in [-0.05, 0) is 13.1 Å². The summed E-state index contributed by atoms with van der Waals surface area (Å²) in [5, 5.41) is 0. The predicted molar refractivity (Wildman–Crippen MR) is 29.4 cm³/mol. The molecule has 0 aromatic rings. The van der Waals surface area contributed by atoms with E-state index in [0.29, 0.717) is 0 Å². The summed E-state index contributed by atoms with van der Waals surface area (Å²) in [5.74, 6) is -4.16. The van der Waals surface area contributed by atoms with E-state index in [1.165, 1.54) is 0 Å². The number of hydrogen-bond donors (Lipinski definition) is 0. The van der Waals surface area contributed by atoms with Gasteiger partial charge in [0.05, 0.1) is 0 Å². The standard InChI is InChI=1S/C3H6ClF3Si/c1-8(2,4)3(5,6)7/h1-2H3. The predicted octanol–water partition coefficient (Wildman–Crippen LogP) is 2.53. The molecular formula is C3H6ClF3Si. The lowest BCUT2D eigenvalue weighted by molar-refractivity contribution is -0.0526. The number of rotatable bonds is 0. The molecule has 0 aliphatic heterocycles. The Morgan fingerprint density at radius 1 is 1.25 bits per heavy atom. The van der Waals surface area contributed by atoms with Crippen LogP contribution >= 0.6 is 11.1 Å². The topological polar surface area (TPSA) is 0 Å². The van der Waals surface area contributed by atoms with Crippen LogP contribution < -0.4 is 0 Å². The van der Waals surface area contributed by atoms with E-state index in [0.717, 1.165) is 13.1 Å². The van der Waals surface area contributed by atoms with Crippen LogP contribution in [-0.2, 0) is 0 Å². The molecule has 0 aromatic heterocycles. The first-order valence-electron chi connectivity index (χ1n) is 2.01. The summed E-state index contributed by atoms with van der Waals surface area (Å²) >= 11 is 5.02. The van der Waals surface area contributed by atoms with Gasteiger partial charge in [-0.25, -0.2) is 0 Å². The monoisotopic (exact) mass is 162 g/mol. The number of alkyl halides is 3. The molecule has 0 aliphatic carbocycles. The first-order chi connectivity index (χ1) is 3.25. The van der Waals surface area contributed by atoms with Crippen LogP contribution in [-0.4, -0.2) is 13.2 Å². The van der Waals surface area contributed by atoms with E-state index in [-0.39, 0.29) is 0 Å². The van der Waals surface area contributed by atoms with E-state index < -0.39 is 13.2 Å². The van der Waals surface area contributed by atoms with Gasteiger partial charge in [0.15, 0.2) is 0 Å². The van der Waals surface area contributed by atoms with Gasteiger partial charge in [0, 0.05) is 0 Å². The second kappa shape index (κ2) is 1.91. The van der Waals surface area contributed by atoms with Crippen LogP contribution in [0.2, 0.25) is 13.1 Å². The Balaban J connectivity index is 4.02. The van der Waals surface area contributed by atoms with Crippen molar-refractivity contribution in [3.63, 3.8) is 0 Å². The highest BCUT2D eigenvalue weighted by molar-refractivity contribution is 7.20. The average Bonchev–Trinajstić information content (AvgIpc) is 1.25. The zero-order chi connectivity index (χ0) is 7.00. The third-order valence-corrected chi connectivity index (χ3v) is 2.67. The van der Waals surface area contributed by atoms with Crippen molar-refractivity contribution >= 4 is 18.5 Å². The highest BCUT2D eigenvalue weighted by atomic mass is 35.6. The number of halogens is 4. The van der Waals surface area contributed by atoms with Crippen LogP contribution in [0.15, 0.2) is 0 Å². The van der Waals surface area contributed by atoms with Crippen LogP contribution in [0.3, 0.4) is 0 Å². The van der Waals surface area contributed by atoms with Gasteiger partial charge in [-0.2, -0.15) is 24.3 Å². The summed E-state index contributed by atoms with van der Waals surface area (Å²) in [6.45, 7) is 2.10. The summed E-state index contributed by atoms with van der Waals surface area (Å²) in [4.78, 5) is 0. The molecule has 0 aliphatic rings. The minimum atomic E-state index is -4.16. The van der Waals surface area contributed by atoms with E-state index in [9.17, 15) is 13.2 Å². The van der Waals surface area contributed by atoms with Crippen molar-refractivity contribution in [2.75, 3.05) is 0 Å². The van der Waals surface area contributed by atoms with E-state index in [1.807, 2.05) is 0 Å². The summed E-state index contributed by atoms with van der Waals surface area (Å²) < 4.78 is 34.5. The van der Waals surface area contributed by atoms with E-state index in [1.54, 1.807) is 0 Å². The molecule has 0 nitrogen and oxygen atoms in total. The minimum absolute atomic E-state index is 1.05. The van der Waals surface area contributed by atoms with Gasteiger partial charge >= 0.3 is 5.80 Å². The van der Waals surface area contributed by atoms with Gasteiger partial charge in [0.25, 0.3) is 7.38 Å². The zero-order valence-electron chi connectivity index (χ0n) is 4.51. The second-order valence-corrected chi connectivity index (χ2v) is 8.32. The fraction of sp³-hybridized carbons (Fsp3) is 1.00. The molecule has 8 heavy (non-hydrogen) atoms. The SMILES string of the molecule is C[Si](C)(Cl)C(F)(F)F. The quantitative estimate of drug-likeness (QED) is 0.379. The normalized spacial score (nSPS) is 14.2. The Morgan fingerprint density at radius 3 is 1.38 bits per heavy atom. The fourth-order valence-corrected chi connectivity index (χ4v) is 0. The molecule has 0 fully saturated rings. The Labute approximate surface area is 51.4 Å². The molecule has 0 amide bonds. The zero-order valence-corrected chi connectivity index (χ0v) is 6.27. The molecule has 0 bridgehead atoms. The molecule has 0 radical (unpaired) electrons. The lowest BCUT2D eigenvalue weighted by Gasteiger charge is -2.16. The van der Waals surface area contributed by atoms with Crippen molar-refractivity contribution < 1.29 is 13.2 Å². The molecule has 0 heterocycles. The Bertz CT molecular complexity index is 69.5. The average molecular weight is 163 g/mol. The summed E-state index contributed by atoms with van der Waals surface area (Å²) in [6.07, 6.45) is 0. The summed E-state index contributed by atoms with van der Waals surface area (Å²) in [6, 6.07) is 0. The Hall–Kier alpha value is 0.297. The Kier molecular flexibility index (Phi) is 1.98. The lowest BCUT2D eigenvalue weighted by Crippen LogP contribution is -2.38. The highest BCUT2D eigenvalue weighted by Crippen LogP contribution is 2.30. The van der Waals surface area contributed by atoms with Gasteiger partial charge in [-0.1, -0.05) is 0 Å². The van der Waals surface area contributed by atoms with Crippen molar-refractivity contribution in [1.29, 1.82) is 0 Å². The summed E-state index contributed by atoms with van der Waals surface area (Å²) in [5.41, 5.74) is 0. The molecule has 0 spiro atoms. The van der Waals surface area contributed by atoms with Crippen LogP contribution in [0.25, 0.3) is 0 Å². The van der Waals surface area contributed by atoms with Crippen LogP contribution in [0, 0.1) is 0 Å². The third-order valence-electron chi connectivity index (χ3n) is 0.674. The van der Waals surface area contributed by atoms with Gasteiger partial charge in [0.1, 0.15) is 0 Å². The molecule has 0 unspecified atom stereocenters. The molecule has 0 atom stereocenters. The largest absolute Gasteiger partial charge is 0.376 e. The molecule has 0 saturated heterocycles. The van der Waals surface area contributed by atoms with Gasteiger partial charge in [-0.3, -0.25) is 0 Å². The van der Waals surface area contributed by atoms with E-state index >= 15 is 0 Å². The first-order valence-corrected chi connectivity index (χ1v) is 6.02. The summed E-state index contributed by atoms with van der Waals surface area (Å²) in [7, 11) is -3.39. The van der Waals surface area contributed by atoms with Gasteiger partial charge in [-0.15, -0.1) is 0 Å². The lowest BCUT2D eigenvalue weighted by atomic mass is 11.5. The molecule has 5 heteroatoms. The van der Waals surface area contributed by atoms with Crippen molar-refractivity contribution in [3.05, 3.63) is 0 Å². The van der Waals surface area contributed by atoms with Crippen molar-refractivity contribution in [3.8, 4) is 0 Å². The maximum atomic E-state index is 11.5. The molecule has 0 N–H and O–H groups in total. The second-order valence-electron chi connectivity index (χ2n) is 1.97. The maximum absolute atomic E-state index is 11.5. The molecule has 0 saturated carbocycles. The fourth-order valence-electron chi connectivity index (χ4n) is 0. The van der Waals surface area contributed by atoms with Crippen LogP contribution in [0.5, 0.6) is 0 Å². The van der Waals surface area contributed by atoms with Crippen LogP contribution in [0.4, 0.5) is 13.2 Å². The van der Waals surface area contributed by atoms with Crippen molar-refractivity contribution in [1.82, 2.24) is 0 Å². The highest BCUT2D eigenvalue weighted by Gasteiger charge is 2.48. The molecule has 0 rings (SSSR count). The molecule has 0 aromatic carbocycles. The Morgan fingerprint density at radius 2 is 1.38 bits per heavy atom. The van der Waals surface area contributed by atoms with Gasteiger partial charge in [0.2, 0.25) is 0 Å². The molecule has 50 valence electrons.